The van der Waals surface area contributed by atoms with Crippen LogP contribution in [0, 0.1) is 0 Å². The van der Waals surface area contributed by atoms with Gasteiger partial charge in [-0.25, -0.2) is 0 Å². The molecular formula is C11H13BF3KO2. The van der Waals surface area contributed by atoms with E-state index >= 15 is 0 Å². The maximum absolute atomic E-state index is 12.1. The Morgan fingerprint density at radius 3 is 2.39 bits per heavy atom. The van der Waals surface area contributed by atoms with E-state index in [1.54, 1.807) is 12.1 Å². The van der Waals surface area contributed by atoms with Gasteiger partial charge in [0.1, 0.15) is 0 Å². The normalized spacial score (nSPS) is 11.2. The molecule has 0 atom stereocenters. The Hall–Kier alpha value is 0.0513. The molecule has 0 unspecified atom stereocenters. The molecule has 1 aromatic carbocycles. The van der Waals surface area contributed by atoms with Crippen molar-refractivity contribution < 1.29 is 73.8 Å². The number of allylic oxidation sites excluding steroid dienone is 1. The number of hydrogen-bond donors (Lipinski definition) is 0. The molecule has 0 heterocycles. The minimum atomic E-state index is -4.96. The van der Waals surface area contributed by atoms with E-state index in [2.05, 4.69) is 4.74 Å². The first kappa shape index (κ1) is 18.1. The summed E-state index contributed by atoms with van der Waals surface area (Å²) >= 11 is 0. The van der Waals surface area contributed by atoms with Crippen molar-refractivity contribution in [3.8, 4) is 11.5 Å². The van der Waals surface area contributed by atoms with Gasteiger partial charge in [-0.3, -0.25) is 0 Å². The van der Waals surface area contributed by atoms with E-state index in [0.29, 0.717) is 5.75 Å². The molecular weight excluding hydrogens is 271 g/mol. The summed E-state index contributed by atoms with van der Waals surface area (Å²) in [5.74, 6) is 0.389. The van der Waals surface area contributed by atoms with Crippen molar-refractivity contribution in [1.82, 2.24) is 0 Å². The van der Waals surface area contributed by atoms with Crippen molar-refractivity contribution in [3.63, 3.8) is 0 Å². The molecule has 0 amide bonds. The van der Waals surface area contributed by atoms with Crippen LogP contribution in [0.3, 0.4) is 0 Å². The number of benzene rings is 1. The fourth-order valence-corrected chi connectivity index (χ4v) is 1.28. The van der Waals surface area contributed by atoms with Gasteiger partial charge in [0.05, 0.1) is 13.6 Å². The third kappa shape index (κ3) is 6.29. The molecule has 0 aromatic heterocycles. The summed E-state index contributed by atoms with van der Waals surface area (Å²) in [6, 6.07) is 4.76. The first-order valence-corrected chi connectivity index (χ1v) is 5.11. The van der Waals surface area contributed by atoms with Gasteiger partial charge in [0.25, 0.3) is 0 Å². The molecule has 0 radical (unpaired) electrons. The Bertz CT molecular complexity index is 408. The zero-order valence-corrected chi connectivity index (χ0v) is 13.7. The van der Waals surface area contributed by atoms with Crippen molar-refractivity contribution in [2.75, 3.05) is 13.6 Å². The van der Waals surface area contributed by atoms with Gasteiger partial charge < -0.3 is 22.4 Å². The van der Waals surface area contributed by atoms with Crippen LogP contribution in [-0.2, 0) is 0 Å². The molecule has 0 aliphatic carbocycles. The number of rotatable bonds is 5. The van der Waals surface area contributed by atoms with E-state index < -0.39 is 13.5 Å². The predicted octanol–water partition coefficient (Wildman–Crippen LogP) is 0.498. The van der Waals surface area contributed by atoms with E-state index in [1.807, 2.05) is 19.1 Å². The monoisotopic (exact) mass is 284 g/mol. The van der Waals surface area contributed by atoms with Crippen LogP contribution in [0.2, 0.25) is 0 Å². The number of hydrogen-bond acceptors (Lipinski definition) is 2. The average molecular weight is 284 g/mol. The molecule has 0 saturated heterocycles. The van der Waals surface area contributed by atoms with Crippen LogP contribution in [0.15, 0.2) is 24.3 Å². The summed E-state index contributed by atoms with van der Waals surface area (Å²) in [6.45, 7) is -4.37. The topological polar surface area (TPSA) is 18.5 Å². The third-order valence-corrected chi connectivity index (χ3v) is 1.97. The fourth-order valence-electron chi connectivity index (χ4n) is 1.28. The molecule has 94 valence electrons. The van der Waals surface area contributed by atoms with Crippen molar-refractivity contribution in [3.05, 3.63) is 29.8 Å². The van der Waals surface area contributed by atoms with E-state index in [0.717, 1.165) is 5.56 Å². The van der Waals surface area contributed by atoms with E-state index in [-0.39, 0.29) is 57.1 Å². The van der Waals surface area contributed by atoms with Crippen LogP contribution in [0.5, 0.6) is 11.5 Å². The number of ether oxygens (including phenoxy) is 2. The van der Waals surface area contributed by atoms with E-state index in [1.165, 1.54) is 13.2 Å². The van der Waals surface area contributed by atoms with Gasteiger partial charge in [-0.15, -0.1) is 0 Å². The molecule has 0 bridgehead atoms. The Morgan fingerprint density at radius 2 is 1.89 bits per heavy atom. The molecule has 0 aliphatic rings. The second kappa shape index (κ2) is 8.27. The average Bonchev–Trinajstić information content (AvgIpc) is 2.26. The molecule has 7 heteroatoms. The molecule has 0 spiro atoms. The van der Waals surface area contributed by atoms with Crippen LogP contribution in [-0.4, -0.2) is 20.6 Å². The molecule has 18 heavy (non-hydrogen) atoms. The molecule has 0 saturated carbocycles. The van der Waals surface area contributed by atoms with Crippen molar-refractivity contribution in [2.24, 2.45) is 0 Å². The van der Waals surface area contributed by atoms with Gasteiger partial charge in [-0.1, -0.05) is 18.2 Å². The Balaban J connectivity index is 0.00000289. The largest absolute Gasteiger partial charge is 1.00 e. The Morgan fingerprint density at radius 1 is 1.22 bits per heavy atom. The zero-order chi connectivity index (χ0) is 12.9. The summed E-state index contributed by atoms with van der Waals surface area (Å²) in [6.07, 6.45) is 3.65. The van der Waals surface area contributed by atoms with Crippen LogP contribution >= 0.6 is 0 Å². The molecule has 0 N–H and O–H groups in total. The smallest absolute Gasteiger partial charge is 0.519 e. The van der Waals surface area contributed by atoms with Crippen LogP contribution in [0.1, 0.15) is 12.5 Å². The summed E-state index contributed by atoms with van der Waals surface area (Å²) in [7, 11) is 1.39. The summed E-state index contributed by atoms with van der Waals surface area (Å²) in [5, 5.41) is 0. The van der Waals surface area contributed by atoms with Gasteiger partial charge in [0.2, 0.25) is 0 Å². The van der Waals surface area contributed by atoms with Crippen LogP contribution in [0.4, 0.5) is 12.9 Å². The second-order valence-corrected chi connectivity index (χ2v) is 3.43. The SMILES string of the molecule is CC=Cc1ccc(OC[B-](F)(F)F)c(OC)c1.[K+]. The number of methoxy groups -OCH3 is 1. The van der Waals surface area contributed by atoms with Crippen LogP contribution in [0.25, 0.3) is 6.08 Å². The maximum atomic E-state index is 12.1. The first-order valence-electron chi connectivity index (χ1n) is 5.11. The standard InChI is InChI=1S/C11H13BF3O2.K/c1-3-4-9-5-6-10(11(7-9)16-2)17-8-12(13,14)15;/h3-7H,8H2,1-2H3;/q-1;+1. The fraction of sp³-hybridized carbons (Fsp3) is 0.273. The van der Waals surface area contributed by atoms with Gasteiger partial charge in [-0.05, 0) is 24.6 Å². The quantitative estimate of drug-likeness (QED) is 0.733. The van der Waals surface area contributed by atoms with Gasteiger partial charge in [0, 0.05) is 0 Å². The van der Waals surface area contributed by atoms with Crippen molar-refractivity contribution >= 4 is 13.1 Å². The molecule has 0 fully saturated rings. The van der Waals surface area contributed by atoms with Crippen molar-refractivity contribution in [1.29, 1.82) is 0 Å². The molecule has 2 nitrogen and oxygen atoms in total. The zero-order valence-electron chi connectivity index (χ0n) is 10.6. The number of halogens is 3. The minimum absolute atomic E-state index is 0. The van der Waals surface area contributed by atoms with Crippen molar-refractivity contribution in [2.45, 2.75) is 6.92 Å². The van der Waals surface area contributed by atoms with E-state index in [4.69, 9.17) is 4.74 Å². The second-order valence-electron chi connectivity index (χ2n) is 3.43. The molecule has 1 rings (SSSR count). The van der Waals surface area contributed by atoms with E-state index in [9.17, 15) is 12.9 Å². The van der Waals surface area contributed by atoms with Gasteiger partial charge in [-0.2, -0.15) is 0 Å². The molecule has 1 aromatic rings. The first-order chi connectivity index (χ1) is 7.96. The Labute approximate surface area is 147 Å². The van der Waals surface area contributed by atoms with Gasteiger partial charge >= 0.3 is 58.4 Å². The summed E-state index contributed by atoms with van der Waals surface area (Å²) in [4.78, 5) is 0. The maximum Gasteiger partial charge on any atom is 1.00 e. The minimum Gasteiger partial charge on any atom is -0.519 e. The predicted molar refractivity (Wildman–Crippen MR) is 62.3 cm³/mol. The Kier molecular flexibility index (Phi) is 8.29. The molecule has 0 aliphatic heterocycles. The van der Waals surface area contributed by atoms with Gasteiger partial charge in [0.15, 0.2) is 11.5 Å². The third-order valence-electron chi connectivity index (χ3n) is 1.97. The summed E-state index contributed by atoms with van der Waals surface area (Å²) < 4.78 is 45.8. The summed E-state index contributed by atoms with van der Waals surface area (Å²) in [5.41, 5.74) is 0.842. The van der Waals surface area contributed by atoms with Crippen LogP contribution < -0.4 is 60.9 Å².